The maximum atomic E-state index is 13.0. The van der Waals surface area contributed by atoms with Crippen molar-refractivity contribution in [1.29, 1.82) is 0 Å². The van der Waals surface area contributed by atoms with Crippen LogP contribution in [0.1, 0.15) is 20.3 Å². The van der Waals surface area contributed by atoms with Crippen LogP contribution in [-0.4, -0.2) is 23.5 Å². The number of hydrogen-bond acceptors (Lipinski definition) is 4. The summed E-state index contributed by atoms with van der Waals surface area (Å²) in [6.45, 7) is 4.85. The van der Waals surface area contributed by atoms with Crippen LogP contribution in [0.15, 0.2) is 58.7 Å². The minimum atomic E-state index is -0.390. The zero-order valence-electron chi connectivity index (χ0n) is 16.2. The third-order valence-electron chi connectivity index (χ3n) is 4.22. The fourth-order valence-electron chi connectivity index (χ4n) is 2.98. The minimum Gasteiger partial charge on any atom is -0.364 e. The molecule has 8 heteroatoms. The first-order valence-electron chi connectivity index (χ1n) is 9.29. The molecule has 2 heterocycles. The summed E-state index contributed by atoms with van der Waals surface area (Å²) in [4.78, 5) is 18.2. The molecular formula is C21H22Cl2N3O3+. The van der Waals surface area contributed by atoms with Gasteiger partial charge in [-0.3, -0.25) is 0 Å². The average molecular weight is 435 g/mol. The van der Waals surface area contributed by atoms with Gasteiger partial charge in [-0.25, -0.2) is 9.36 Å². The number of aromatic nitrogens is 2. The van der Waals surface area contributed by atoms with E-state index in [9.17, 15) is 4.79 Å². The SMILES string of the molecule is CCOC(C)ON=CCC[n+]1cc(-c2cc(Cl)cc(Cl)c2)c(=O)n2ccccc21. The quantitative estimate of drug-likeness (QED) is 0.229. The van der Waals surface area contributed by atoms with E-state index >= 15 is 0 Å². The Morgan fingerprint density at radius 2 is 2.00 bits per heavy atom. The van der Waals surface area contributed by atoms with Crippen molar-refractivity contribution in [2.45, 2.75) is 33.1 Å². The highest BCUT2D eigenvalue weighted by Crippen LogP contribution is 2.25. The molecule has 0 saturated carbocycles. The van der Waals surface area contributed by atoms with E-state index in [0.717, 1.165) is 5.65 Å². The van der Waals surface area contributed by atoms with Crippen molar-refractivity contribution in [3.63, 3.8) is 0 Å². The Balaban J connectivity index is 1.92. The number of rotatable bonds is 8. The molecule has 1 atom stereocenters. The normalized spacial score (nSPS) is 12.6. The van der Waals surface area contributed by atoms with Crippen molar-refractivity contribution in [3.8, 4) is 11.1 Å². The first-order valence-corrected chi connectivity index (χ1v) is 10.0. The molecule has 0 spiro atoms. The molecule has 0 bridgehead atoms. The summed E-state index contributed by atoms with van der Waals surface area (Å²) in [7, 11) is 0. The van der Waals surface area contributed by atoms with E-state index < -0.39 is 0 Å². The third kappa shape index (κ3) is 5.35. The molecular weight excluding hydrogens is 413 g/mol. The highest BCUT2D eigenvalue weighted by molar-refractivity contribution is 6.35. The lowest BCUT2D eigenvalue weighted by Crippen LogP contribution is -2.40. The van der Waals surface area contributed by atoms with Crippen LogP contribution in [0, 0.1) is 0 Å². The second-order valence-corrected chi connectivity index (χ2v) is 7.21. The minimum absolute atomic E-state index is 0.141. The Kier molecular flexibility index (Phi) is 7.25. The van der Waals surface area contributed by atoms with Crippen molar-refractivity contribution in [2.75, 3.05) is 6.61 Å². The zero-order valence-corrected chi connectivity index (χ0v) is 17.7. The fraction of sp³-hybridized carbons (Fsp3) is 0.286. The van der Waals surface area contributed by atoms with Crippen LogP contribution in [0.5, 0.6) is 0 Å². The number of fused-ring (bicyclic) bond motifs is 1. The standard InChI is InChI=1S/C21H22Cl2N3O3/c1-3-28-15(2)29-24-8-6-9-25-14-19(16-11-17(22)13-18(23)12-16)21(27)26-10-5-4-7-20(25)26/h4-5,7-8,10-15H,3,6,9H2,1-2H3/q+1. The third-order valence-corrected chi connectivity index (χ3v) is 4.66. The van der Waals surface area contributed by atoms with Crippen molar-refractivity contribution in [2.24, 2.45) is 5.16 Å². The number of ether oxygens (including phenoxy) is 1. The Bertz CT molecular complexity index is 1060. The van der Waals surface area contributed by atoms with Crippen LogP contribution in [0.3, 0.4) is 0 Å². The number of nitrogens with zero attached hydrogens (tertiary/aromatic N) is 3. The molecule has 2 aromatic heterocycles. The van der Waals surface area contributed by atoms with Crippen molar-refractivity contribution < 1.29 is 14.1 Å². The van der Waals surface area contributed by atoms with Crippen LogP contribution < -0.4 is 10.1 Å². The summed E-state index contributed by atoms with van der Waals surface area (Å²) in [5, 5.41) is 4.89. The summed E-state index contributed by atoms with van der Waals surface area (Å²) in [6, 6.07) is 10.7. The molecule has 0 aliphatic heterocycles. The van der Waals surface area contributed by atoms with Gasteiger partial charge in [0.05, 0.1) is 12.7 Å². The number of pyridine rings is 1. The van der Waals surface area contributed by atoms with Gasteiger partial charge in [-0.05, 0) is 36.8 Å². The molecule has 0 aliphatic rings. The van der Waals surface area contributed by atoms with Gasteiger partial charge in [0.15, 0.2) is 0 Å². The molecule has 1 aromatic carbocycles. The van der Waals surface area contributed by atoms with Crippen molar-refractivity contribution >= 4 is 35.1 Å². The first kappa shape index (κ1) is 21.3. The monoisotopic (exact) mass is 434 g/mol. The van der Waals surface area contributed by atoms with E-state index in [0.29, 0.717) is 40.7 Å². The van der Waals surface area contributed by atoms with Crippen LogP contribution in [0.25, 0.3) is 16.8 Å². The number of halogens is 2. The number of benzene rings is 1. The molecule has 3 aromatic rings. The van der Waals surface area contributed by atoms with Crippen molar-refractivity contribution in [1.82, 2.24) is 4.40 Å². The molecule has 0 N–H and O–H groups in total. The van der Waals surface area contributed by atoms with Gasteiger partial charge >= 0.3 is 5.56 Å². The van der Waals surface area contributed by atoms with Crippen LogP contribution in [0.2, 0.25) is 10.0 Å². The summed E-state index contributed by atoms with van der Waals surface area (Å²) in [6.07, 6.45) is 5.46. The molecule has 152 valence electrons. The predicted octanol–water partition coefficient (Wildman–Crippen LogP) is 4.34. The van der Waals surface area contributed by atoms with Gasteiger partial charge < -0.3 is 9.57 Å². The number of hydrogen-bond donors (Lipinski definition) is 0. The van der Waals surface area contributed by atoms with Crippen LogP contribution in [0.4, 0.5) is 0 Å². The van der Waals surface area contributed by atoms with Crippen LogP contribution in [-0.2, 0) is 16.1 Å². The molecule has 0 amide bonds. The van der Waals surface area contributed by atoms with E-state index in [1.165, 1.54) is 0 Å². The van der Waals surface area contributed by atoms with E-state index in [2.05, 4.69) is 5.16 Å². The van der Waals surface area contributed by atoms with Gasteiger partial charge in [-0.1, -0.05) is 34.4 Å². The smallest absolute Gasteiger partial charge is 0.350 e. The Hall–Kier alpha value is -2.41. The summed E-state index contributed by atoms with van der Waals surface area (Å²) < 4.78 is 8.86. The summed E-state index contributed by atoms with van der Waals surface area (Å²) in [5.74, 6) is 0. The fourth-order valence-corrected chi connectivity index (χ4v) is 3.50. The largest absolute Gasteiger partial charge is 0.364 e. The van der Waals surface area contributed by atoms with E-state index in [1.807, 2.05) is 35.9 Å². The van der Waals surface area contributed by atoms with E-state index in [-0.39, 0.29) is 11.8 Å². The summed E-state index contributed by atoms with van der Waals surface area (Å²) >= 11 is 12.3. The average Bonchev–Trinajstić information content (AvgIpc) is 2.69. The van der Waals surface area contributed by atoms with Gasteiger partial charge in [0, 0.05) is 42.3 Å². The molecule has 0 fully saturated rings. The Morgan fingerprint density at radius 1 is 1.24 bits per heavy atom. The van der Waals surface area contributed by atoms with Crippen molar-refractivity contribution in [3.05, 3.63) is 69.2 Å². The highest BCUT2D eigenvalue weighted by Gasteiger charge is 2.17. The molecule has 0 saturated heterocycles. The first-order chi connectivity index (χ1) is 14.0. The van der Waals surface area contributed by atoms with E-state index in [1.54, 1.807) is 41.9 Å². The van der Waals surface area contributed by atoms with Gasteiger partial charge in [0.2, 0.25) is 6.29 Å². The zero-order chi connectivity index (χ0) is 20.8. The second kappa shape index (κ2) is 9.87. The summed E-state index contributed by atoms with van der Waals surface area (Å²) in [5.41, 5.74) is 1.81. The topological polar surface area (TPSA) is 56.2 Å². The molecule has 1 unspecified atom stereocenters. The maximum absolute atomic E-state index is 13.0. The maximum Gasteiger partial charge on any atom is 0.350 e. The Morgan fingerprint density at radius 3 is 2.72 bits per heavy atom. The van der Waals surface area contributed by atoms with Gasteiger partial charge in [-0.15, -0.1) is 0 Å². The highest BCUT2D eigenvalue weighted by atomic mass is 35.5. The number of aryl methyl sites for hydroxylation is 1. The number of oxime groups is 1. The molecule has 29 heavy (non-hydrogen) atoms. The molecule has 0 radical (unpaired) electrons. The predicted molar refractivity (Wildman–Crippen MR) is 115 cm³/mol. The van der Waals surface area contributed by atoms with E-state index in [4.69, 9.17) is 32.8 Å². The van der Waals surface area contributed by atoms with Crippen LogP contribution >= 0.6 is 23.2 Å². The molecule has 3 rings (SSSR count). The lowest BCUT2D eigenvalue weighted by Gasteiger charge is -2.08. The lowest BCUT2D eigenvalue weighted by molar-refractivity contribution is -0.672. The Labute approximate surface area is 178 Å². The molecule has 0 aliphatic carbocycles. The van der Waals surface area contributed by atoms with Gasteiger partial charge in [-0.2, -0.15) is 4.40 Å². The molecule has 6 nitrogen and oxygen atoms in total. The van der Waals surface area contributed by atoms with Gasteiger partial charge in [0.25, 0.3) is 5.65 Å². The second-order valence-electron chi connectivity index (χ2n) is 6.33. The lowest BCUT2D eigenvalue weighted by atomic mass is 10.1. The van der Waals surface area contributed by atoms with Gasteiger partial charge in [0.1, 0.15) is 11.8 Å².